The Labute approximate surface area is 200 Å². The molecule has 4 N–H and O–H groups in total. The summed E-state index contributed by atoms with van der Waals surface area (Å²) in [6.07, 6.45) is 0.159. The Bertz CT molecular complexity index is 1490. The van der Waals surface area contributed by atoms with E-state index in [4.69, 9.17) is 10.5 Å². The number of morpholine rings is 1. The maximum Gasteiger partial charge on any atom is 0.261 e. The number of benzene rings is 2. The Morgan fingerprint density at radius 2 is 1.94 bits per heavy atom. The van der Waals surface area contributed by atoms with Crippen molar-refractivity contribution >= 4 is 39.2 Å². The lowest BCUT2D eigenvalue weighted by atomic mass is 10.1. The number of rotatable bonds is 4. The predicted molar refractivity (Wildman–Crippen MR) is 134 cm³/mol. The molecule has 0 radical (unpaired) electrons. The molecule has 0 spiro atoms. The van der Waals surface area contributed by atoms with Crippen molar-refractivity contribution in [3.63, 3.8) is 0 Å². The Morgan fingerprint density at radius 1 is 1.20 bits per heavy atom. The van der Waals surface area contributed by atoms with Crippen molar-refractivity contribution in [2.24, 2.45) is 0 Å². The minimum absolute atomic E-state index is 0.0161. The normalized spacial score (nSPS) is 18.9. The van der Waals surface area contributed by atoms with Crippen LogP contribution in [0.4, 0.5) is 15.8 Å². The van der Waals surface area contributed by atoms with Gasteiger partial charge in [-0.3, -0.25) is 14.5 Å². The smallest absolute Gasteiger partial charge is 0.261 e. The molecular weight excluding hydrogens is 451 g/mol. The van der Waals surface area contributed by atoms with Gasteiger partial charge in [-0.25, -0.2) is 9.37 Å². The number of nitrogens with two attached hydrogens (primary N) is 1. The molecule has 0 aliphatic carbocycles. The Morgan fingerprint density at radius 3 is 2.69 bits per heavy atom. The maximum absolute atomic E-state index is 14.4. The number of nitrogens with one attached hydrogen (secondary N) is 2. The Balaban J connectivity index is 1.45. The van der Waals surface area contributed by atoms with Crippen LogP contribution in [-0.2, 0) is 9.53 Å². The van der Waals surface area contributed by atoms with Crippen LogP contribution in [0.1, 0.15) is 13.8 Å². The third-order valence-corrected chi connectivity index (χ3v) is 6.35. The molecular formula is C25H27FN6O3. The summed E-state index contributed by atoms with van der Waals surface area (Å²) in [7, 11) is 1.73. The van der Waals surface area contributed by atoms with Crippen LogP contribution < -0.4 is 16.2 Å². The molecule has 1 aliphatic heterocycles. The van der Waals surface area contributed by atoms with Crippen molar-refractivity contribution in [1.82, 2.24) is 19.9 Å². The molecule has 9 nitrogen and oxygen atoms in total. The molecule has 0 bridgehead atoms. The second-order valence-electron chi connectivity index (χ2n) is 9.10. The fourth-order valence-electron chi connectivity index (χ4n) is 4.75. The molecule has 3 heterocycles. The average molecular weight is 479 g/mol. The van der Waals surface area contributed by atoms with E-state index in [0.29, 0.717) is 35.3 Å². The first-order valence-corrected chi connectivity index (χ1v) is 11.5. The second-order valence-corrected chi connectivity index (χ2v) is 9.10. The summed E-state index contributed by atoms with van der Waals surface area (Å²) in [5.41, 5.74) is 8.04. The van der Waals surface area contributed by atoms with E-state index in [1.165, 1.54) is 12.1 Å². The zero-order valence-electron chi connectivity index (χ0n) is 19.8. The zero-order chi connectivity index (χ0) is 24.9. The number of halogens is 1. The van der Waals surface area contributed by atoms with Gasteiger partial charge in [-0.05, 0) is 44.2 Å². The highest BCUT2D eigenvalue weighted by Crippen LogP contribution is 2.30. The first kappa shape index (κ1) is 23.0. The van der Waals surface area contributed by atoms with E-state index in [0.717, 1.165) is 0 Å². The van der Waals surface area contributed by atoms with Crippen LogP contribution in [0.15, 0.2) is 41.2 Å². The van der Waals surface area contributed by atoms with Crippen molar-refractivity contribution in [3.8, 4) is 11.4 Å². The number of carbonyl (C=O) groups is 1. The number of hydrogen-bond donors (Lipinski definition) is 3. The first-order valence-electron chi connectivity index (χ1n) is 11.5. The third-order valence-electron chi connectivity index (χ3n) is 6.35. The minimum atomic E-state index is -0.528. The van der Waals surface area contributed by atoms with Crippen molar-refractivity contribution in [2.45, 2.75) is 26.1 Å². The molecule has 182 valence electrons. The highest BCUT2D eigenvalue weighted by molar-refractivity contribution is 5.99. The number of anilines is 2. The fraction of sp³-hybridized carbons (Fsp3) is 0.320. The zero-order valence-corrected chi connectivity index (χ0v) is 19.8. The summed E-state index contributed by atoms with van der Waals surface area (Å²) in [5.74, 6) is -0.345. The number of H-pyrrole nitrogens is 2. The molecule has 0 saturated carbocycles. The maximum atomic E-state index is 14.4. The van der Waals surface area contributed by atoms with Gasteiger partial charge in [-0.1, -0.05) is 6.07 Å². The lowest BCUT2D eigenvalue weighted by Gasteiger charge is -2.35. The number of nitrogen functional groups attached to an aromatic ring is 1. The van der Waals surface area contributed by atoms with Crippen molar-refractivity contribution in [1.29, 1.82) is 0 Å². The summed E-state index contributed by atoms with van der Waals surface area (Å²) in [4.78, 5) is 39.7. The number of imidazole rings is 1. The Kier molecular flexibility index (Phi) is 5.78. The largest absolute Gasteiger partial charge is 0.397 e. The quantitative estimate of drug-likeness (QED) is 0.415. The molecule has 1 fully saturated rings. The highest BCUT2D eigenvalue weighted by atomic mass is 19.1. The summed E-state index contributed by atoms with van der Waals surface area (Å²) >= 11 is 0. The summed E-state index contributed by atoms with van der Waals surface area (Å²) < 4.78 is 20.2. The molecule has 0 unspecified atom stereocenters. The van der Waals surface area contributed by atoms with E-state index in [2.05, 4.69) is 19.9 Å². The van der Waals surface area contributed by atoms with Crippen molar-refractivity contribution in [3.05, 3.63) is 52.6 Å². The number of nitrogens with zero attached hydrogens (tertiary/aromatic N) is 3. The van der Waals surface area contributed by atoms with E-state index in [-0.39, 0.29) is 47.1 Å². The fourth-order valence-corrected chi connectivity index (χ4v) is 4.75. The predicted octanol–water partition coefficient (Wildman–Crippen LogP) is 2.86. The Hall–Kier alpha value is -3.76. The van der Waals surface area contributed by atoms with Gasteiger partial charge in [-0.15, -0.1) is 0 Å². The standard InChI is InChI=1S/C25H27FN6O3/c1-13-10-32(11-14(2)35-13)12-20(33)31(3)15-7-8-17-19(9-15)29-24(28-17)22-23(27)21-16(26)5-4-6-18(21)30-25(22)34/h4-9,13-14H,10-12H2,1-3H3,(H,28,29)(H3,27,30,34)/t13-,14+. The van der Waals surface area contributed by atoms with Crippen LogP contribution in [0, 0.1) is 5.82 Å². The summed E-state index contributed by atoms with van der Waals surface area (Å²) in [6.45, 7) is 5.70. The van der Waals surface area contributed by atoms with Gasteiger partial charge < -0.3 is 25.3 Å². The lowest BCUT2D eigenvalue weighted by Crippen LogP contribution is -2.49. The number of amides is 1. The average Bonchev–Trinajstić information content (AvgIpc) is 3.20. The van der Waals surface area contributed by atoms with Crippen LogP contribution >= 0.6 is 0 Å². The molecule has 1 aliphatic rings. The van der Waals surface area contributed by atoms with E-state index in [9.17, 15) is 14.0 Å². The van der Waals surface area contributed by atoms with E-state index >= 15 is 0 Å². The lowest BCUT2D eigenvalue weighted by molar-refractivity contribution is -0.123. The van der Waals surface area contributed by atoms with E-state index in [1.807, 2.05) is 13.8 Å². The van der Waals surface area contributed by atoms with E-state index in [1.54, 1.807) is 36.2 Å². The number of carbonyl (C=O) groups excluding carboxylic acids is 1. The number of fused-ring (bicyclic) bond motifs is 2. The molecule has 2 aromatic carbocycles. The first-order chi connectivity index (χ1) is 16.7. The number of pyridine rings is 1. The molecule has 5 rings (SSSR count). The van der Waals surface area contributed by atoms with Crippen LogP contribution in [0.25, 0.3) is 33.3 Å². The molecule has 2 aromatic heterocycles. The van der Waals surface area contributed by atoms with Gasteiger partial charge in [0, 0.05) is 25.8 Å². The van der Waals surface area contributed by atoms with Gasteiger partial charge in [0.1, 0.15) is 17.2 Å². The summed E-state index contributed by atoms with van der Waals surface area (Å²) in [5, 5.41) is 0.139. The molecule has 10 heteroatoms. The van der Waals surface area contributed by atoms with Gasteiger partial charge in [0.25, 0.3) is 5.56 Å². The SMILES string of the molecule is C[C@@H]1CN(CC(=O)N(C)c2ccc3nc(-c4c(N)c5c(F)cccc5[nH]c4=O)[nH]c3c2)C[C@H](C)O1. The topological polar surface area (TPSA) is 120 Å². The molecule has 4 aromatic rings. The van der Waals surface area contributed by atoms with Crippen LogP contribution in [-0.4, -0.2) is 64.6 Å². The van der Waals surface area contributed by atoms with Gasteiger partial charge in [0.15, 0.2) is 0 Å². The number of ether oxygens (including phenoxy) is 1. The number of aromatic amines is 2. The van der Waals surface area contributed by atoms with Crippen LogP contribution in [0.5, 0.6) is 0 Å². The molecule has 2 atom stereocenters. The number of likely N-dealkylation sites (N-methyl/N-ethyl adjacent to an activating group) is 1. The van der Waals surface area contributed by atoms with Gasteiger partial charge >= 0.3 is 0 Å². The second kappa shape index (κ2) is 8.79. The van der Waals surface area contributed by atoms with Crippen LogP contribution in [0.2, 0.25) is 0 Å². The highest BCUT2D eigenvalue weighted by Gasteiger charge is 2.25. The van der Waals surface area contributed by atoms with Gasteiger partial charge in [-0.2, -0.15) is 0 Å². The minimum Gasteiger partial charge on any atom is -0.397 e. The van der Waals surface area contributed by atoms with Crippen molar-refractivity contribution in [2.75, 3.05) is 37.3 Å². The van der Waals surface area contributed by atoms with Crippen LogP contribution in [0.3, 0.4) is 0 Å². The summed E-state index contributed by atoms with van der Waals surface area (Å²) in [6, 6.07) is 9.74. The monoisotopic (exact) mass is 478 g/mol. The molecule has 1 amide bonds. The van der Waals surface area contributed by atoms with E-state index < -0.39 is 11.4 Å². The van der Waals surface area contributed by atoms with Crippen molar-refractivity contribution < 1.29 is 13.9 Å². The number of hydrogen-bond acceptors (Lipinski definition) is 6. The molecule has 1 saturated heterocycles. The molecule has 35 heavy (non-hydrogen) atoms. The van der Waals surface area contributed by atoms with Gasteiger partial charge in [0.05, 0.1) is 46.4 Å². The third kappa shape index (κ3) is 4.26. The van der Waals surface area contributed by atoms with Gasteiger partial charge in [0.2, 0.25) is 5.91 Å². The number of aromatic nitrogens is 3.